The van der Waals surface area contributed by atoms with E-state index in [4.69, 9.17) is 14.4 Å². The van der Waals surface area contributed by atoms with Gasteiger partial charge in [0.15, 0.2) is 12.0 Å². The van der Waals surface area contributed by atoms with Crippen molar-refractivity contribution < 1.29 is 18.7 Å². The third-order valence-corrected chi connectivity index (χ3v) is 4.68. The molecule has 0 saturated carbocycles. The molecule has 0 aliphatic rings. The number of anilines is 2. The summed E-state index contributed by atoms with van der Waals surface area (Å²) in [7, 11) is 0. The molecule has 8 nitrogen and oxygen atoms in total. The largest absolute Gasteiger partial charge is 0.484 e. The van der Waals surface area contributed by atoms with Crippen molar-refractivity contribution >= 4 is 34.2 Å². The van der Waals surface area contributed by atoms with Crippen molar-refractivity contribution in [3.63, 3.8) is 0 Å². The lowest BCUT2D eigenvalue weighted by atomic mass is 10.1. The number of carbonyl (C=O) groups is 2. The average molecular weight is 439 g/mol. The van der Waals surface area contributed by atoms with Crippen LogP contribution in [0.4, 0.5) is 11.4 Å². The minimum atomic E-state index is -0.403. The van der Waals surface area contributed by atoms with Crippen LogP contribution in [0.15, 0.2) is 88.3 Å². The van der Waals surface area contributed by atoms with Crippen molar-refractivity contribution in [2.45, 2.75) is 0 Å². The first-order valence-corrected chi connectivity index (χ1v) is 9.87. The number of ether oxygens (including phenoxy) is 1. The normalized spacial score (nSPS) is 10.3. The highest BCUT2D eigenvalue weighted by Gasteiger charge is 2.09. The van der Waals surface area contributed by atoms with Gasteiger partial charge in [0.05, 0.1) is 23.3 Å². The number of fused-ring (bicyclic) bond motifs is 1. The molecule has 0 unspecified atom stereocenters. The minimum absolute atomic E-state index is 0.160. The van der Waals surface area contributed by atoms with Crippen molar-refractivity contribution in [1.29, 1.82) is 5.26 Å². The van der Waals surface area contributed by atoms with Gasteiger partial charge in [-0.2, -0.15) is 5.26 Å². The Hall–Kier alpha value is -4.90. The highest BCUT2D eigenvalue weighted by Crippen LogP contribution is 2.19. The smallest absolute Gasteiger partial charge is 0.262 e. The van der Waals surface area contributed by atoms with Crippen molar-refractivity contribution in [3.05, 3.63) is 100 Å². The predicted octanol–water partition coefficient (Wildman–Crippen LogP) is 3.93. The van der Waals surface area contributed by atoms with Gasteiger partial charge >= 0.3 is 0 Å². The van der Waals surface area contributed by atoms with Crippen molar-refractivity contribution in [2.75, 3.05) is 17.2 Å². The summed E-state index contributed by atoms with van der Waals surface area (Å²) >= 11 is 0. The van der Waals surface area contributed by atoms with Gasteiger partial charge in [-0.1, -0.05) is 6.07 Å². The van der Waals surface area contributed by atoms with Gasteiger partial charge < -0.3 is 19.8 Å². The molecule has 162 valence electrons. The SMILES string of the molecule is N#Cc1ccc(C(=O)Nc2cccc(NC(=O)COc3ccc4c(=O)ccoc4c3)c2)cc1. The van der Waals surface area contributed by atoms with Crippen molar-refractivity contribution in [1.82, 2.24) is 0 Å². The Morgan fingerprint density at radius 3 is 2.45 bits per heavy atom. The molecule has 0 aliphatic carbocycles. The molecule has 0 aliphatic heterocycles. The highest BCUT2D eigenvalue weighted by molar-refractivity contribution is 6.04. The second kappa shape index (κ2) is 9.49. The summed E-state index contributed by atoms with van der Waals surface area (Å²) < 4.78 is 10.8. The fourth-order valence-corrected chi connectivity index (χ4v) is 3.07. The van der Waals surface area contributed by atoms with Gasteiger partial charge in [0.25, 0.3) is 11.8 Å². The second-order valence-electron chi connectivity index (χ2n) is 7.00. The fourth-order valence-electron chi connectivity index (χ4n) is 3.07. The maximum atomic E-state index is 12.4. The quantitative estimate of drug-likeness (QED) is 0.469. The van der Waals surface area contributed by atoms with Crippen LogP contribution in [0.5, 0.6) is 5.75 Å². The highest BCUT2D eigenvalue weighted by atomic mass is 16.5. The number of carbonyl (C=O) groups excluding carboxylic acids is 2. The molecule has 8 heteroatoms. The van der Waals surface area contributed by atoms with Crippen LogP contribution in [0.1, 0.15) is 15.9 Å². The first kappa shape index (κ1) is 21.3. The van der Waals surface area contributed by atoms with Gasteiger partial charge in [0.2, 0.25) is 0 Å². The Morgan fingerprint density at radius 2 is 1.70 bits per heavy atom. The molecular formula is C25H17N3O5. The summed E-state index contributed by atoms with van der Waals surface area (Å²) in [6, 6.07) is 21.0. The summed E-state index contributed by atoms with van der Waals surface area (Å²) in [5.41, 5.74) is 2.05. The van der Waals surface area contributed by atoms with E-state index in [0.717, 1.165) is 0 Å². The lowest BCUT2D eigenvalue weighted by Crippen LogP contribution is -2.20. The summed E-state index contributed by atoms with van der Waals surface area (Å²) in [5.74, 6) is -0.357. The van der Waals surface area contributed by atoms with Crippen LogP contribution in [0.2, 0.25) is 0 Å². The Kier molecular flexibility index (Phi) is 6.14. The van der Waals surface area contributed by atoms with Crippen molar-refractivity contribution in [2.24, 2.45) is 0 Å². The molecule has 0 bridgehead atoms. The molecule has 0 radical (unpaired) electrons. The first-order valence-electron chi connectivity index (χ1n) is 9.87. The van der Waals surface area contributed by atoms with E-state index in [0.29, 0.717) is 39.2 Å². The standard InChI is InChI=1S/C25H17N3O5/c26-14-16-4-6-17(7-5-16)25(31)28-19-3-1-2-18(12-19)27-24(30)15-33-20-8-9-21-22(29)10-11-32-23(21)13-20/h1-13H,15H2,(H,27,30)(H,28,31). The number of nitrogens with one attached hydrogen (secondary N) is 2. The third kappa shape index (κ3) is 5.24. The van der Waals surface area contributed by atoms with Crippen LogP contribution >= 0.6 is 0 Å². The van der Waals surface area contributed by atoms with E-state index in [9.17, 15) is 14.4 Å². The Balaban J connectivity index is 1.35. The Bertz CT molecular complexity index is 1440. The zero-order valence-corrected chi connectivity index (χ0v) is 17.2. The topological polar surface area (TPSA) is 121 Å². The molecule has 2 N–H and O–H groups in total. The summed E-state index contributed by atoms with van der Waals surface area (Å²) in [6.45, 7) is -0.260. The third-order valence-electron chi connectivity index (χ3n) is 4.68. The van der Waals surface area contributed by atoms with Crippen LogP contribution < -0.4 is 20.8 Å². The van der Waals surface area contributed by atoms with Crippen LogP contribution in [-0.2, 0) is 4.79 Å². The van der Waals surface area contributed by atoms with Crippen LogP contribution in [0.25, 0.3) is 11.0 Å². The monoisotopic (exact) mass is 439 g/mol. The van der Waals surface area contributed by atoms with Gasteiger partial charge in [0.1, 0.15) is 11.3 Å². The van der Waals surface area contributed by atoms with Gasteiger partial charge in [-0.3, -0.25) is 14.4 Å². The minimum Gasteiger partial charge on any atom is -0.484 e. The van der Waals surface area contributed by atoms with E-state index in [1.54, 1.807) is 66.7 Å². The molecular weight excluding hydrogens is 422 g/mol. The van der Waals surface area contributed by atoms with E-state index < -0.39 is 5.91 Å². The average Bonchev–Trinajstić information content (AvgIpc) is 2.83. The van der Waals surface area contributed by atoms with Gasteiger partial charge in [-0.05, 0) is 54.6 Å². The van der Waals surface area contributed by atoms with Gasteiger partial charge in [-0.25, -0.2) is 0 Å². The molecule has 2 amide bonds. The molecule has 0 fully saturated rings. The van der Waals surface area contributed by atoms with Crippen molar-refractivity contribution in [3.8, 4) is 11.8 Å². The maximum Gasteiger partial charge on any atom is 0.262 e. The molecule has 4 aromatic rings. The lowest BCUT2D eigenvalue weighted by Gasteiger charge is -2.10. The molecule has 0 spiro atoms. The number of amides is 2. The Morgan fingerprint density at radius 1 is 0.939 bits per heavy atom. The van der Waals surface area contributed by atoms with E-state index >= 15 is 0 Å². The molecule has 33 heavy (non-hydrogen) atoms. The zero-order valence-electron chi connectivity index (χ0n) is 17.2. The van der Waals surface area contributed by atoms with E-state index in [-0.39, 0.29) is 17.9 Å². The van der Waals surface area contributed by atoms with Gasteiger partial charge in [0, 0.05) is 29.1 Å². The molecule has 4 rings (SSSR count). The number of benzene rings is 3. The molecule has 0 saturated heterocycles. The molecule has 1 aromatic heterocycles. The number of rotatable bonds is 6. The zero-order chi connectivity index (χ0) is 23.2. The maximum absolute atomic E-state index is 12.4. The summed E-state index contributed by atoms with van der Waals surface area (Å²) in [5, 5.41) is 14.7. The van der Waals surface area contributed by atoms with E-state index in [1.807, 2.05) is 6.07 Å². The second-order valence-corrected chi connectivity index (χ2v) is 7.00. The fraction of sp³-hybridized carbons (Fsp3) is 0.0400. The van der Waals surface area contributed by atoms with Gasteiger partial charge in [-0.15, -0.1) is 0 Å². The van der Waals surface area contributed by atoms with Crippen LogP contribution in [-0.4, -0.2) is 18.4 Å². The van der Waals surface area contributed by atoms with Crippen LogP contribution in [0, 0.1) is 11.3 Å². The molecule has 3 aromatic carbocycles. The number of hydrogen-bond donors (Lipinski definition) is 2. The number of nitrogens with zero attached hydrogens (tertiary/aromatic N) is 1. The number of nitriles is 1. The summed E-state index contributed by atoms with van der Waals surface area (Å²) in [6.07, 6.45) is 1.30. The molecule has 0 atom stereocenters. The van der Waals surface area contributed by atoms with E-state index in [1.165, 1.54) is 12.3 Å². The number of hydrogen-bond acceptors (Lipinski definition) is 6. The predicted molar refractivity (Wildman–Crippen MR) is 122 cm³/mol. The van der Waals surface area contributed by atoms with Crippen LogP contribution in [0.3, 0.4) is 0 Å². The Labute approximate surface area is 188 Å². The first-order chi connectivity index (χ1) is 16.0. The summed E-state index contributed by atoms with van der Waals surface area (Å²) in [4.78, 5) is 36.4. The lowest BCUT2D eigenvalue weighted by molar-refractivity contribution is -0.118. The van der Waals surface area contributed by atoms with E-state index in [2.05, 4.69) is 10.6 Å². The molecule has 1 heterocycles.